The topological polar surface area (TPSA) is 38.3 Å². The maximum Gasteiger partial charge on any atom is 0.407 e. The lowest BCUT2D eigenvalue weighted by Gasteiger charge is -2.06. The number of halogens is 1. The maximum absolute atomic E-state index is 11.7. The molecule has 0 unspecified atom stereocenters. The van der Waals surface area contributed by atoms with Crippen LogP contribution in [0.3, 0.4) is 0 Å². The van der Waals surface area contributed by atoms with E-state index >= 15 is 0 Å². The van der Waals surface area contributed by atoms with E-state index in [-0.39, 0.29) is 6.61 Å². The Kier molecular flexibility index (Phi) is 5.86. The molecule has 0 saturated carbocycles. The van der Waals surface area contributed by atoms with Crippen LogP contribution in [0.25, 0.3) is 16.8 Å². The zero-order chi connectivity index (χ0) is 17.5. The Labute approximate surface area is 155 Å². The average Bonchev–Trinajstić information content (AvgIpc) is 2.66. The number of nitrogens with one attached hydrogen (secondary N) is 1. The summed E-state index contributed by atoms with van der Waals surface area (Å²) in [5.74, 6) is 0. The average molecular weight is 396 g/mol. The number of hydrogen-bond donors (Lipinski definition) is 1. The third-order valence-corrected chi connectivity index (χ3v) is 4.65. The van der Waals surface area contributed by atoms with Gasteiger partial charge in [0.1, 0.15) is 6.61 Å². The van der Waals surface area contributed by atoms with Gasteiger partial charge >= 0.3 is 6.09 Å². The second-order valence-corrected chi connectivity index (χ2v) is 6.33. The smallest absolute Gasteiger partial charge is 0.407 e. The van der Waals surface area contributed by atoms with E-state index in [0.29, 0.717) is 6.54 Å². The van der Waals surface area contributed by atoms with Gasteiger partial charge in [0.05, 0.1) is 0 Å². The quantitative estimate of drug-likeness (QED) is 0.615. The van der Waals surface area contributed by atoms with Crippen molar-refractivity contribution in [2.75, 3.05) is 6.54 Å². The Morgan fingerprint density at radius 2 is 1.76 bits per heavy atom. The number of ether oxygens (including phenoxy) is 1. The molecule has 1 N–H and O–H groups in total. The van der Waals surface area contributed by atoms with Crippen molar-refractivity contribution in [3.05, 3.63) is 88.4 Å². The maximum atomic E-state index is 11.7. The number of carbonyl (C=O) groups excluding carboxylic acids is 1. The molecular formula is C21H18BrNO2. The zero-order valence-electron chi connectivity index (χ0n) is 13.6. The van der Waals surface area contributed by atoms with Gasteiger partial charge < -0.3 is 10.1 Å². The standard InChI is InChI=1S/C21H18BrNO2/c22-20-18(13-12-17-9-4-5-11-19(17)20)10-6-14-23-21(24)25-15-16-7-2-1-3-8-16/h1-13H,14-15H2,(H,23,24). The summed E-state index contributed by atoms with van der Waals surface area (Å²) >= 11 is 3.65. The summed E-state index contributed by atoms with van der Waals surface area (Å²) in [6.07, 6.45) is 3.46. The van der Waals surface area contributed by atoms with E-state index < -0.39 is 6.09 Å². The lowest BCUT2D eigenvalue weighted by Crippen LogP contribution is -2.24. The first-order valence-corrected chi connectivity index (χ1v) is 8.81. The Hall–Kier alpha value is -2.59. The van der Waals surface area contributed by atoms with Crippen molar-refractivity contribution in [3.63, 3.8) is 0 Å². The molecule has 0 spiro atoms. The molecule has 3 aromatic carbocycles. The molecule has 0 aliphatic carbocycles. The van der Waals surface area contributed by atoms with Crippen molar-refractivity contribution in [1.82, 2.24) is 5.32 Å². The highest BCUT2D eigenvalue weighted by Gasteiger charge is 2.03. The summed E-state index contributed by atoms with van der Waals surface area (Å²) in [7, 11) is 0. The monoisotopic (exact) mass is 395 g/mol. The fourth-order valence-corrected chi connectivity index (χ4v) is 3.11. The van der Waals surface area contributed by atoms with Gasteiger partial charge in [-0.05, 0) is 37.8 Å². The Morgan fingerprint density at radius 1 is 1.00 bits per heavy atom. The lowest BCUT2D eigenvalue weighted by molar-refractivity contribution is 0.141. The van der Waals surface area contributed by atoms with Crippen LogP contribution in [0.1, 0.15) is 11.1 Å². The van der Waals surface area contributed by atoms with Gasteiger partial charge in [0.15, 0.2) is 0 Å². The largest absolute Gasteiger partial charge is 0.445 e. The Morgan fingerprint density at radius 3 is 2.60 bits per heavy atom. The van der Waals surface area contributed by atoms with E-state index in [2.05, 4.69) is 45.5 Å². The summed E-state index contributed by atoms with van der Waals surface area (Å²) in [6.45, 7) is 0.680. The number of hydrogen-bond acceptors (Lipinski definition) is 2. The summed E-state index contributed by atoms with van der Waals surface area (Å²) in [4.78, 5) is 11.7. The number of amides is 1. The normalized spacial score (nSPS) is 10.9. The van der Waals surface area contributed by atoms with Crippen LogP contribution in [-0.2, 0) is 11.3 Å². The molecule has 3 aromatic rings. The fraction of sp³-hybridized carbons (Fsp3) is 0.0952. The third-order valence-electron chi connectivity index (χ3n) is 3.77. The Bertz CT molecular complexity index is 891. The number of benzene rings is 3. The highest BCUT2D eigenvalue weighted by atomic mass is 79.9. The molecule has 0 radical (unpaired) electrons. The second kappa shape index (κ2) is 8.49. The van der Waals surface area contributed by atoms with Gasteiger partial charge in [0.2, 0.25) is 0 Å². The molecule has 25 heavy (non-hydrogen) atoms. The predicted octanol–water partition coefficient (Wildman–Crippen LogP) is 5.54. The third kappa shape index (κ3) is 4.70. The molecule has 0 aliphatic rings. The molecule has 3 rings (SSSR count). The molecule has 0 atom stereocenters. The zero-order valence-corrected chi connectivity index (χ0v) is 15.2. The first-order valence-electron chi connectivity index (χ1n) is 8.02. The van der Waals surface area contributed by atoms with Crippen molar-refractivity contribution >= 4 is 38.9 Å². The first-order chi connectivity index (χ1) is 12.2. The highest BCUT2D eigenvalue weighted by Crippen LogP contribution is 2.28. The molecule has 0 aliphatic heterocycles. The highest BCUT2D eigenvalue weighted by molar-refractivity contribution is 9.10. The summed E-state index contributed by atoms with van der Waals surface area (Å²) < 4.78 is 6.22. The molecule has 126 valence electrons. The molecule has 0 heterocycles. The summed E-state index contributed by atoms with van der Waals surface area (Å²) in [6, 6.07) is 21.9. The first kappa shape index (κ1) is 17.2. The SMILES string of the molecule is O=C(NCC=Cc1ccc2ccccc2c1Br)OCc1ccccc1. The van der Waals surface area contributed by atoms with E-state index in [9.17, 15) is 4.79 Å². The Balaban J connectivity index is 1.51. The van der Waals surface area contributed by atoms with Gasteiger partial charge in [-0.1, -0.05) is 78.9 Å². The molecule has 4 heteroatoms. The van der Waals surface area contributed by atoms with Crippen molar-refractivity contribution in [2.24, 2.45) is 0 Å². The van der Waals surface area contributed by atoms with Crippen molar-refractivity contribution in [1.29, 1.82) is 0 Å². The van der Waals surface area contributed by atoms with E-state index in [1.807, 2.05) is 54.6 Å². The molecule has 1 amide bonds. The van der Waals surface area contributed by atoms with Gasteiger partial charge in [-0.3, -0.25) is 0 Å². The number of alkyl carbamates (subject to hydrolysis) is 1. The van der Waals surface area contributed by atoms with Crippen LogP contribution in [0.4, 0.5) is 4.79 Å². The van der Waals surface area contributed by atoms with Crippen LogP contribution >= 0.6 is 15.9 Å². The van der Waals surface area contributed by atoms with E-state index in [1.54, 1.807) is 0 Å². The molecule has 0 aromatic heterocycles. The second-order valence-electron chi connectivity index (χ2n) is 5.53. The number of fused-ring (bicyclic) bond motifs is 1. The van der Waals surface area contributed by atoms with E-state index in [1.165, 1.54) is 10.8 Å². The van der Waals surface area contributed by atoms with Crippen molar-refractivity contribution < 1.29 is 9.53 Å². The van der Waals surface area contributed by atoms with Gasteiger partial charge in [-0.2, -0.15) is 0 Å². The minimum atomic E-state index is -0.425. The minimum Gasteiger partial charge on any atom is -0.445 e. The molecule has 3 nitrogen and oxygen atoms in total. The van der Waals surface area contributed by atoms with Crippen molar-refractivity contribution in [2.45, 2.75) is 6.61 Å². The minimum absolute atomic E-state index is 0.270. The van der Waals surface area contributed by atoms with E-state index in [4.69, 9.17) is 4.74 Å². The van der Waals surface area contributed by atoms with Gasteiger partial charge in [-0.15, -0.1) is 0 Å². The van der Waals surface area contributed by atoms with Crippen LogP contribution in [0.2, 0.25) is 0 Å². The van der Waals surface area contributed by atoms with E-state index in [0.717, 1.165) is 15.6 Å². The number of rotatable bonds is 5. The van der Waals surface area contributed by atoms with Gasteiger partial charge in [0.25, 0.3) is 0 Å². The molecule has 0 fully saturated rings. The fourth-order valence-electron chi connectivity index (χ4n) is 2.48. The van der Waals surface area contributed by atoms with Crippen molar-refractivity contribution in [3.8, 4) is 0 Å². The predicted molar refractivity (Wildman–Crippen MR) is 105 cm³/mol. The summed E-state index contributed by atoms with van der Waals surface area (Å²) in [5, 5.41) is 5.07. The van der Waals surface area contributed by atoms with Crippen LogP contribution in [0, 0.1) is 0 Å². The van der Waals surface area contributed by atoms with Crippen LogP contribution in [0.15, 0.2) is 77.3 Å². The van der Waals surface area contributed by atoms with Crippen LogP contribution in [0.5, 0.6) is 0 Å². The van der Waals surface area contributed by atoms with Gasteiger partial charge in [0, 0.05) is 11.0 Å². The summed E-state index contributed by atoms with van der Waals surface area (Å²) in [5.41, 5.74) is 2.03. The van der Waals surface area contributed by atoms with Crippen LogP contribution in [-0.4, -0.2) is 12.6 Å². The molecule has 0 bridgehead atoms. The molecular weight excluding hydrogens is 378 g/mol. The van der Waals surface area contributed by atoms with Gasteiger partial charge in [-0.25, -0.2) is 4.79 Å². The lowest BCUT2D eigenvalue weighted by atomic mass is 10.1. The molecule has 0 saturated heterocycles. The number of carbonyl (C=O) groups is 1. The van der Waals surface area contributed by atoms with Crippen LogP contribution < -0.4 is 5.32 Å².